The van der Waals surface area contributed by atoms with Crippen LogP contribution in [0.1, 0.15) is 13.3 Å². The number of carbonyl (C=O) groups excluding carboxylic acids is 1. The van der Waals surface area contributed by atoms with Crippen LogP contribution in [0.25, 0.3) is 0 Å². The summed E-state index contributed by atoms with van der Waals surface area (Å²) < 4.78 is 4.91. The van der Waals surface area contributed by atoms with Crippen molar-refractivity contribution in [2.45, 2.75) is 19.4 Å². The van der Waals surface area contributed by atoms with Crippen LogP contribution >= 0.6 is 0 Å². The van der Waals surface area contributed by atoms with Gasteiger partial charge in [-0.2, -0.15) is 0 Å². The largest absolute Gasteiger partial charge is 0.466 e. The van der Waals surface area contributed by atoms with Gasteiger partial charge in [-0.25, -0.2) is 0 Å². The molecular formula is C8H16N2O2. The van der Waals surface area contributed by atoms with Gasteiger partial charge in [0.05, 0.1) is 12.5 Å². The predicted molar refractivity (Wildman–Crippen MR) is 45.6 cm³/mol. The molecule has 0 aromatic rings. The Kier molecular flexibility index (Phi) is 3.49. The number of hydrogen-bond acceptors (Lipinski definition) is 4. The van der Waals surface area contributed by atoms with Gasteiger partial charge in [0.15, 0.2) is 0 Å². The Morgan fingerprint density at radius 3 is 3.08 bits per heavy atom. The van der Waals surface area contributed by atoms with E-state index >= 15 is 0 Å². The van der Waals surface area contributed by atoms with Crippen molar-refractivity contribution in [1.82, 2.24) is 5.32 Å². The third kappa shape index (κ3) is 2.19. The Balaban J connectivity index is 2.42. The molecule has 0 saturated carbocycles. The maximum absolute atomic E-state index is 11.3. The molecule has 4 nitrogen and oxygen atoms in total. The van der Waals surface area contributed by atoms with Gasteiger partial charge in [-0.1, -0.05) is 0 Å². The normalized spacial score (nSPS) is 29.8. The van der Waals surface area contributed by atoms with E-state index < -0.39 is 0 Å². The topological polar surface area (TPSA) is 64.3 Å². The maximum Gasteiger partial charge on any atom is 0.310 e. The number of piperidine rings is 1. The molecule has 0 aliphatic carbocycles. The molecule has 0 spiro atoms. The third-order valence-electron chi connectivity index (χ3n) is 2.12. The molecule has 1 fully saturated rings. The maximum atomic E-state index is 11.3. The van der Waals surface area contributed by atoms with E-state index in [0.29, 0.717) is 13.2 Å². The van der Waals surface area contributed by atoms with E-state index in [9.17, 15) is 4.79 Å². The molecule has 0 amide bonds. The molecule has 3 N–H and O–H groups in total. The molecule has 0 radical (unpaired) electrons. The van der Waals surface area contributed by atoms with Gasteiger partial charge < -0.3 is 15.8 Å². The van der Waals surface area contributed by atoms with E-state index in [1.54, 1.807) is 0 Å². The molecule has 0 unspecified atom stereocenters. The summed E-state index contributed by atoms with van der Waals surface area (Å²) in [4.78, 5) is 11.3. The van der Waals surface area contributed by atoms with Gasteiger partial charge >= 0.3 is 5.97 Å². The second-order valence-corrected chi connectivity index (χ2v) is 3.02. The summed E-state index contributed by atoms with van der Waals surface area (Å²) in [6, 6.07) is -0.0854. The van der Waals surface area contributed by atoms with Crippen molar-refractivity contribution in [1.29, 1.82) is 0 Å². The molecule has 0 aromatic carbocycles. The average Bonchev–Trinajstić information content (AvgIpc) is 2.05. The van der Waals surface area contributed by atoms with Crippen molar-refractivity contribution in [2.75, 3.05) is 19.7 Å². The van der Waals surface area contributed by atoms with Crippen molar-refractivity contribution in [2.24, 2.45) is 11.7 Å². The summed E-state index contributed by atoms with van der Waals surface area (Å²) in [5.74, 6) is -0.252. The first kappa shape index (κ1) is 9.48. The Bertz CT molecular complexity index is 161. The van der Waals surface area contributed by atoms with Crippen LogP contribution in [0.5, 0.6) is 0 Å². The highest BCUT2D eigenvalue weighted by Gasteiger charge is 2.28. The summed E-state index contributed by atoms with van der Waals surface area (Å²) in [6.07, 6.45) is 0.792. The fraction of sp³-hybridized carbons (Fsp3) is 0.875. The van der Waals surface area contributed by atoms with Crippen molar-refractivity contribution >= 4 is 5.97 Å². The predicted octanol–water partition coefficient (Wildman–Crippen LogP) is -0.514. The van der Waals surface area contributed by atoms with Crippen LogP contribution in [0, 0.1) is 5.92 Å². The average molecular weight is 172 g/mol. The molecule has 0 aromatic heterocycles. The minimum Gasteiger partial charge on any atom is -0.466 e. The molecule has 1 aliphatic rings. The molecule has 1 saturated heterocycles. The molecular weight excluding hydrogens is 156 g/mol. The van der Waals surface area contributed by atoms with Gasteiger partial charge in [-0.3, -0.25) is 4.79 Å². The van der Waals surface area contributed by atoms with Crippen molar-refractivity contribution in [3.8, 4) is 0 Å². The molecule has 1 heterocycles. The second kappa shape index (κ2) is 4.42. The zero-order valence-corrected chi connectivity index (χ0v) is 7.38. The van der Waals surface area contributed by atoms with E-state index in [1.807, 2.05) is 6.92 Å². The zero-order chi connectivity index (χ0) is 8.97. The molecule has 1 aliphatic heterocycles. The van der Waals surface area contributed by atoms with Gasteiger partial charge in [-0.15, -0.1) is 0 Å². The number of hydrogen-bond donors (Lipinski definition) is 2. The summed E-state index contributed by atoms with van der Waals surface area (Å²) in [5.41, 5.74) is 5.75. The third-order valence-corrected chi connectivity index (χ3v) is 2.12. The van der Waals surface area contributed by atoms with Gasteiger partial charge in [-0.05, 0) is 19.9 Å². The fourth-order valence-electron chi connectivity index (χ4n) is 1.42. The lowest BCUT2D eigenvalue weighted by atomic mass is 9.94. The highest BCUT2D eigenvalue weighted by molar-refractivity contribution is 5.73. The Hall–Kier alpha value is -0.610. The first-order valence-corrected chi connectivity index (χ1v) is 4.38. The van der Waals surface area contributed by atoms with Crippen LogP contribution < -0.4 is 11.1 Å². The number of carbonyl (C=O) groups is 1. The first-order valence-electron chi connectivity index (χ1n) is 4.38. The quantitative estimate of drug-likeness (QED) is 0.550. The molecule has 2 atom stereocenters. The minimum atomic E-state index is -0.147. The SMILES string of the molecule is CCOC(=O)[C@@H]1CCNC[C@@H]1N. The number of rotatable bonds is 2. The summed E-state index contributed by atoms with van der Waals surface area (Å²) in [5, 5.41) is 3.13. The van der Waals surface area contributed by atoms with Crippen LogP contribution in [0.15, 0.2) is 0 Å². The van der Waals surface area contributed by atoms with E-state index in [4.69, 9.17) is 10.5 Å². The van der Waals surface area contributed by atoms with Gasteiger partial charge in [0.1, 0.15) is 0 Å². The molecule has 4 heteroatoms. The Morgan fingerprint density at radius 1 is 1.75 bits per heavy atom. The zero-order valence-electron chi connectivity index (χ0n) is 7.38. The standard InChI is InChI=1S/C8H16N2O2/c1-2-12-8(11)6-3-4-10-5-7(6)9/h6-7,10H,2-5,9H2,1H3/t6-,7+/m1/s1. The van der Waals surface area contributed by atoms with Crippen molar-refractivity contribution in [3.05, 3.63) is 0 Å². The van der Waals surface area contributed by atoms with Gasteiger partial charge in [0.2, 0.25) is 0 Å². The van der Waals surface area contributed by atoms with Crippen LogP contribution in [0.3, 0.4) is 0 Å². The molecule has 0 bridgehead atoms. The first-order chi connectivity index (χ1) is 5.75. The fourth-order valence-corrected chi connectivity index (χ4v) is 1.42. The molecule has 1 rings (SSSR count). The highest BCUT2D eigenvalue weighted by atomic mass is 16.5. The lowest BCUT2D eigenvalue weighted by Crippen LogP contribution is -2.49. The van der Waals surface area contributed by atoms with Crippen LogP contribution in [0.4, 0.5) is 0 Å². The van der Waals surface area contributed by atoms with E-state index in [0.717, 1.165) is 13.0 Å². The number of nitrogens with two attached hydrogens (primary N) is 1. The summed E-state index contributed by atoms with van der Waals surface area (Å²) in [7, 11) is 0. The van der Waals surface area contributed by atoms with E-state index in [-0.39, 0.29) is 17.9 Å². The summed E-state index contributed by atoms with van der Waals surface area (Å²) in [6.45, 7) is 3.82. The number of esters is 1. The van der Waals surface area contributed by atoms with E-state index in [2.05, 4.69) is 5.32 Å². The lowest BCUT2D eigenvalue weighted by Gasteiger charge is -2.27. The summed E-state index contributed by atoms with van der Waals surface area (Å²) >= 11 is 0. The minimum absolute atomic E-state index is 0.0854. The van der Waals surface area contributed by atoms with E-state index in [1.165, 1.54) is 0 Å². The van der Waals surface area contributed by atoms with Gasteiger partial charge in [0.25, 0.3) is 0 Å². The smallest absolute Gasteiger partial charge is 0.310 e. The van der Waals surface area contributed by atoms with Crippen LogP contribution in [-0.4, -0.2) is 31.7 Å². The number of ether oxygens (including phenoxy) is 1. The molecule has 70 valence electrons. The molecule has 12 heavy (non-hydrogen) atoms. The van der Waals surface area contributed by atoms with Crippen LogP contribution in [0.2, 0.25) is 0 Å². The monoisotopic (exact) mass is 172 g/mol. The Labute approximate surface area is 72.5 Å². The lowest BCUT2D eigenvalue weighted by molar-refractivity contribution is -0.149. The van der Waals surface area contributed by atoms with Crippen molar-refractivity contribution < 1.29 is 9.53 Å². The van der Waals surface area contributed by atoms with Crippen molar-refractivity contribution in [3.63, 3.8) is 0 Å². The Morgan fingerprint density at radius 2 is 2.50 bits per heavy atom. The van der Waals surface area contributed by atoms with Crippen LogP contribution in [-0.2, 0) is 9.53 Å². The second-order valence-electron chi connectivity index (χ2n) is 3.02. The van der Waals surface area contributed by atoms with Gasteiger partial charge in [0, 0.05) is 12.6 Å². The number of nitrogens with one attached hydrogen (secondary N) is 1. The highest BCUT2D eigenvalue weighted by Crippen LogP contribution is 2.12.